The van der Waals surface area contributed by atoms with Crippen LogP contribution in [-0.2, 0) is 129 Å². The van der Waals surface area contributed by atoms with Gasteiger partial charge in [0.15, 0.2) is 0 Å². The average Bonchev–Trinajstić information content (AvgIpc) is 0.778. The van der Waals surface area contributed by atoms with Crippen molar-refractivity contribution in [1.29, 1.82) is 0 Å². The summed E-state index contributed by atoms with van der Waals surface area (Å²) in [6.07, 6.45) is 10.6. The van der Waals surface area contributed by atoms with E-state index in [1.165, 1.54) is 25.7 Å². The molecule has 5 rings (SSSR count). The number of aromatic hydroxyl groups is 4. The molecule has 0 fully saturated rings. The normalized spacial score (nSPS) is 13.4. The molecule has 0 aromatic heterocycles. The fraction of sp³-hybridized carbons (Fsp3) is 0.650. The van der Waals surface area contributed by atoms with Crippen molar-refractivity contribution >= 4 is 29.8 Å². The van der Waals surface area contributed by atoms with Crippen LogP contribution in [0.2, 0.25) is 0 Å². The van der Waals surface area contributed by atoms with E-state index in [-0.39, 0.29) is 85.4 Å². The molecule has 5 aromatic carbocycles. The predicted molar refractivity (Wildman–Crippen MR) is 465 cm³/mol. The van der Waals surface area contributed by atoms with Crippen molar-refractivity contribution in [2.75, 3.05) is 26.4 Å². The number of aryl methyl sites for hydroxylation is 4. The lowest BCUT2D eigenvalue weighted by molar-refractivity contribution is -0.170. The summed E-state index contributed by atoms with van der Waals surface area (Å²) >= 11 is 0. The van der Waals surface area contributed by atoms with Crippen LogP contribution in [0.25, 0.3) is 0 Å². The molecule has 0 aliphatic carbocycles. The van der Waals surface area contributed by atoms with Gasteiger partial charge in [-0.2, -0.15) is 0 Å². The van der Waals surface area contributed by atoms with Gasteiger partial charge in [-0.1, -0.05) is 327 Å². The fourth-order valence-electron chi connectivity index (χ4n) is 14.7. The van der Waals surface area contributed by atoms with Crippen LogP contribution in [-0.4, -0.2) is 76.7 Å². The van der Waals surface area contributed by atoms with Crippen LogP contribution in [0.1, 0.15) is 382 Å². The second-order valence-corrected chi connectivity index (χ2v) is 43.4. The van der Waals surface area contributed by atoms with Gasteiger partial charge in [0, 0.05) is 36.8 Å². The number of unbranched alkanes of at least 4 members (excludes halogenated alkanes) is 7. The minimum atomic E-state index is -1.65. The van der Waals surface area contributed by atoms with Crippen LogP contribution in [0.15, 0.2) is 60.7 Å². The zero-order valence-corrected chi connectivity index (χ0v) is 76.8. The number of benzene rings is 5. The number of phenolic OH excluding ortho intramolecular Hbond substituents is 4. The maximum Gasteiger partial charge on any atom is 0.314 e. The second-order valence-electron chi connectivity index (χ2n) is 43.4. The Balaban J connectivity index is 1.59. The molecule has 0 saturated heterocycles. The van der Waals surface area contributed by atoms with Gasteiger partial charge in [-0.3, -0.25) is 24.0 Å². The topological polar surface area (TPSA) is 212 Å². The molecule has 114 heavy (non-hydrogen) atoms. The number of esters is 5. The summed E-state index contributed by atoms with van der Waals surface area (Å²) in [5, 5.41) is 46.5. The molecule has 636 valence electrons. The number of rotatable bonds is 33. The smallest absolute Gasteiger partial charge is 0.314 e. The van der Waals surface area contributed by atoms with Gasteiger partial charge in [0.25, 0.3) is 0 Å². The van der Waals surface area contributed by atoms with E-state index >= 15 is 4.79 Å². The lowest BCUT2D eigenvalue weighted by atomic mass is 9.77. The second kappa shape index (κ2) is 38.4. The van der Waals surface area contributed by atoms with E-state index in [4.69, 9.17) is 23.7 Å². The van der Waals surface area contributed by atoms with Crippen molar-refractivity contribution in [3.05, 3.63) is 144 Å². The van der Waals surface area contributed by atoms with E-state index in [1.54, 1.807) is 0 Å². The summed E-state index contributed by atoms with van der Waals surface area (Å²) in [7, 11) is 0. The van der Waals surface area contributed by atoms with Gasteiger partial charge in [0.2, 0.25) is 0 Å². The zero-order chi connectivity index (χ0) is 86.7. The third-order valence-corrected chi connectivity index (χ3v) is 22.0. The molecule has 0 saturated carbocycles. The monoisotopic (exact) mass is 1580 g/mol. The first-order valence-electron chi connectivity index (χ1n) is 42.5. The van der Waals surface area contributed by atoms with E-state index in [9.17, 15) is 39.6 Å². The minimum Gasteiger partial charge on any atom is -0.507 e. The van der Waals surface area contributed by atoms with Crippen molar-refractivity contribution in [3.8, 4) is 28.7 Å². The summed E-state index contributed by atoms with van der Waals surface area (Å²) in [6, 6.07) is 19.8. The van der Waals surface area contributed by atoms with E-state index in [0.717, 1.165) is 109 Å². The molecule has 1 atom stereocenters. The van der Waals surface area contributed by atoms with Crippen molar-refractivity contribution in [2.24, 2.45) is 11.3 Å². The maximum atomic E-state index is 15.4. The predicted octanol–water partition coefficient (Wildman–Crippen LogP) is 23.8. The molecule has 14 nitrogen and oxygen atoms in total. The van der Waals surface area contributed by atoms with Crippen LogP contribution < -0.4 is 4.74 Å². The Morgan fingerprint density at radius 2 is 0.491 bits per heavy atom. The first kappa shape index (κ1) is 97.2. The van der Waals surface area contributed by atoms with Crippen molar-refractivity contribution in [3.63, 3.8) is 0 Å². The van der Waals surface area contributed by atoms with Crippen molar-refractivity contribution in [2.45, 2.75) is 384 Å². The quantitative estimate of drug-likeness (QED) is 0.0133. The highest BCUT2D eigenvalue weighted by Crippen LogP contribution is 2.47. The van der Waals surface area contributed by atoms with Gasteiger partial charge in [-0.05, 0) is 165 Å². The van der Waals surface area contributed by atoms with Crippen molar-refractivity contribution in [1.82, 2.24) is 0 Å². The maximum absolute atomic E-state index is 15.4. The molecule has 14 heteroatoms. The first-order chi connectivity index (χ1) is 52.0. The molecule has 0 aliphatic rings. The van der Waals surface area contributed by atoms with E-state index < -0.39 is 105 Å². The Labute approximate surface area is 689 Å². The van der Waals surface area contributed by atoms with Crippen LogP contribution in [0.3, 0.4) is 0 Å². The minimum absolute atomic E-state index is 0.0888. The van der Waals surface area contributed by atoms with E-state index in [1.807, 2.05) is 173 Å². The molecule has 1 unspecified atom stereocenters. The van der Waals surface area contributed by atoms with Crippen molar-refractivity contribution < 1.29 is 68.1 Å². The number of ether oxygens (including phenoxy) is 5. The molecule has 0 amide bonds. The molecule has 0 bridgehead atoms. The average molecular weight is 1580 g/mol. The highest BCUT2D eigenvalue weighted by atomic mass is 16.6. The lowest BCUT2D eigenvalue weighted by Crippen LogP contribution is -2.44. The summed E-state index contributed by atoms with van der Waals surface area (Å²) in [6.45, 7) is 61.9. The number of phenols is 4. The molecule has 0 aliphatic heterocycles. The van der Waals surface area contributed by atoms with E-state index in [2.05, 4.69) is 102 Å². The zero-order valence-electron chi connectivity index (χ0n) is 76.8. The molecule has 0 spiro atoms. The van der Waals surface area contributed by atoms with E-state index in [0.29, 0.717) is 24.3 Å². The molecular formula is C100H152O14. The Morgan fingerprint density at radius 3 is 0.711 bits per heavy atom. The van der Waals surface area contributed by atoms with Gasteiger partial charge in [0.1, 0.15) is 60.6 Å². The summed E-state index contributed by atoms with van der Waals surface area (Å²) in [4.78, 5) is 73.5. The fourth-order valence-corrected chi connectivity index (χ4v) is 14.7. The Kier molecular flexibility index (Phi) is 32.7. The highest BCUT2D eigenvalue weighted by Gasteiger charge is 2.40. The first-order valence-corrected chi connectivity index (χ1v) is 42.5. The number of carbonyl (C=O) groups is 5. The third-order valence-electron chi connectivity index (χ3n) is 22.0. The molecule has 0 heterocycles. The lowest BCUT2D eigenvalue weighted by Gasteiger charge is -2.32. The van der Waals surface area contributed by atoms with Crippen LogP contribution >= 0.6 is 0 Å². The summed E-state index contributed by atoms with van der Waals surface area (Å²) in [5.41, 5.74) is 5.96. The van der Waals surface area contributed by atoms with Crippen LogP contribution in [0, 0.1) is 11.3 Å². The van der Waals surface area contributed by atoms with Gasteiger partial charge < -0.3 is 44.1 Å². The van der Waals surface area contributed by atoms with Crippen LogP contribution in [0.5, 0.6) is 28.7 Å². The standard InChI is InChI=1S/C100H152O14/c1-32-33-34-35-36-37-38-39-40-69(49-68-58-76(96(20,21)22)87(108)77(59-68)97(23,24)25)89(109)114-88-78(98(26,27)28)56-67(57-79(88)99(29,30)31)44-48-83(104)113-63-100(60-110-80(101)45-41-64-50-70(90(2,3)4)84(105)71(51-64)91(5,6)7,61-111-81(102)46-42-65-52-72(92(8,9)10)85(106)73(53-65)93(11,12)13)62-112-82(103)47-43-66-54-74(94(14,15)16)86(107)75(55-66)95(17,18)19/h50-59,69,105-108H,32-49,60-63H2,1-31H3. The Hall–Kier alpha value is -7.35. The number of hydrogen-bond acceptors (Lipinski definition) is 14. The number of hydrogen-bond donors (Lipinski definition) is 4. The van der Waals surface area contributed by atoms with Crippen LogP contribution in [0.4, 0.5) is 0 Å². The Morgan fingerprint density at radius 1 is 0.289 bits per heavy atom. The molecular weight excluding hydrogens is 1430 g/mol. The molecule has 5 aromatic rings. The third kappa shape index (κ3) is 28.5. The van der Waals surface area contributed by atoms with Gasteiger partial charge in [0.05, 0.1) is 5.92 Å². The van der Waals surface area contributed by atoms with Gasteiger partial charge >= 0.3 is 29.8 Å². The Bertz CT molecular complexity index is 3690. The summed E-state index contributed by atoms with van der Waals surface area (Å²) < 4.78 is 31.9. The highest BCUT2D eigenvalue weighted by molar-refractivity contribution is 5.77. The van der Waals surface area contributed by atoms with Gasteiger partial charge in [-0.15, -0.1) is 0 Å². The molecule has 4 N–H and O–H groups in total. The summed E-state index contributed by atoms with van der Waals surface area (Å²) in [5.74, 6) is -1.84. The SMILES string of the molecule is CCCCCCCCCCC(Cc1cc(C(C)(C)C)c(O)c(C(C)(C)C)c1)C(=O)Oc1c(C(C)(C)C)cc(CCC(=O)OCC(COC(=O)CCc2cc(C(C)(C)C)c(O)c(C(C)(C)C)c2)(COC(=O)CCc2cc(C(C)(C)C)c(O)c(C(C)(C)C)c2)COC(=O)CCc2cc(C(C)(C)C)c(O)c(C(C)(C)C)c2)cc1C(C)(C)C. The number of carbonyl (C=O) groups excluding carboxylic acids is 5. The molecule has 0 radical (unpaired) electrons. The largest absolute Gasteiger partial charge is 0.507 e. The van der Waals surface area contributed by atoms with Gasteiger partial charge in [-0.25, -0.2) is 0 Å².